The molecule has 0 N–H and O–H groups in total. The van der Waals surface area contributed by atoms with E-state index in [1.807, 2.05) is 0 Å². The van der Waals surface area contributed by atoms with Gasteiger partial charge >= 0.3 is 140 Å². The third-order valence-electron chi connectivity index (χ3n) is 0. The second-order valence-corrected chi connectivity index (χ2v) is 3.09. The summed E-state index contributed by atoms with van der Waals surface area (Å²) in [6.45, 7) is 0. The van der Waals surface area contributed by atoms with E-state index >= 15 is 0 Å². The van der Waals surface area contributed by atoms with Crippen molar-refractivity contribution in [2.75, 3.05) is 0 Å². The molecule has 0 saturated heterocycles. The van der Waals surface area contributed by atoms with E-state index in [-0.39, 0.29) is 91.4 Å². The van der Waals surface area contributed by atoms with Crippen molar-refractivity contribution in [2.45, 2.75) is 0 Å². The molecule has 0 saturated carbocycles. The number of hydrogen-bond donors (Lipinski definition) is 0. The first-order valence-corrected chi connectivity index (χ1v) is 7.57. The van der Waals surface area contributed by atoms with Gasteiger partial charge in [-0.3, -0.25) is 0 Å². The minimum Gasteiger partial charge on any atom is 0 e. The van der Waals surface area contributed by atoms with Gasteiger partial charge in [-0.15, -0.1) is 0 Å². The quantitative estimate of drug-likeness (QED) is 0.213. The molecule has 0 spiro atoms. The summed E-state index contributed by atoms with van der Waals surface area (Å²) in [7, 11) is 0. The topological polar surface area (TPSA) is 190 Å². The van der Waals surface area contributed by atoms with Crippen molar-refractivity contribution in [1.82, 2.24) is 0 Å². The predicted molar refractivity (Wildman–Crippen MR) is 13.6 cm³/mol. The molecule has 0 rings (SSSR count). The Bertz CT molecular complexity index is 124. The summed E-state index contributed by atoms with van der Waals surface area (Å²) >= 11 is -12.2. The van der Waals surface area contributed by atoms with Crippen LogP contribution in [0.1, 0.15) is 0 Å². The molecular weight excluding hydrogens is 908 g/mol. The van der Waals surface area contributed by atoms with E-state index in [2.05, 4.69) is 0 Å². The van der Waals surface area contributed by atoms with Crippen molar-refractivity contribution >= 4 is 52.4 Å². The molecule has 9 nitrogen and oxygen atoms in total. The molecule has 0 aromatic rings. The molecule has 0 atom stereocenters. The summed E-state index contributed by atoms with van der Waals surface area (Å²) in [6, 6.07) is 0. The molecule has 0 unspecified atom stereocenters. The predicted octanol–water partition coefficient (Wildman–Crippen LogP) is -8.26. The van der Waals surface area contributed by atoms with Gasteiger partial charge < -0.3 is 0 Å². The molecular formula is Bi2O9Ru2Ti3. The second kappa shape index (κ2) is 36.5. The van der Waals surface area contributed by atoms with E-state index in [0.29, 0.717) is 0 Å². The second-order valence-electron chi connectivity index (χ2n) is 0.750. The zero-order valence-corrected chi connectivity index (χ0v) is 21.9. The van der Waals surface area contributed by atoms with Crippen molar-refractivity contribution < 1.29 is 127 Å². The van der Waals surface area contributed by atoms with E-state index in [4.69, 9.17) is 32.1 Å². The Morgan fingerprint density at radius 2 is 0.500 bits per heavy atom. The molecule has 16 heavy (non-hydrogen) atoms. The summed E-state index contributed by atoms with van der Waals surface area (Å²) in [5.74, 6) is 0. The maximum absolute atomic E-state index is 8.58. The van der Waals surface area contributed by atoms with E-state index in [1.54, 1.807) is 0 Å². The van der Waals surface area contributed by atoms with Crippen LogP contribution < -0.4 is 22.1 Å². The largest absolute Gasteiger partial charge is 0 e. The maximum atomic E-state index is 8.58. The summed E-state index contributed by atoms with van der Waals surface area (Å²) in [5.41, 5.74) is 0. The average molecular weight is 908 g/mol. The smallest absolute Gasteiger partial charge is 0 e. The Labute approximate surface area is 175 Å². The van der Waals surface area contributed by atoms with Crippen LogP contribution in [0.2, 0.25) is 0 Å². The van der Waals surface area contributed by atoms with Gasteiger partial charge in [0.05, 0.1) is 0 Å². The summed E-state index contributed by atoms with van der Waals surface area (Å²) in [6.07, 6.45) is 0. The first-order chi connectivity index (χ1) is 5.20. The fourth-order valence-electron chi connectivity index (χ4n) is 0. The zero-order valence-electron chi connectivity index (χ0n) is 6.78. The Balaban J connectivity index is -0.0000000135. The zero-order chi connectivity index (χ0) is 10.7. The van der Waals surface area contributed by atoms with Gasteiger partial charge in [0, 0.05) is 39.0 Å². The van der Waals surface area contributed by atoms with E-state index in [0.717, 1.165) is 0 Å². The van der Waals surface area contributed by atoms with E-state index in [9.17, 15) is 0 Å². The van der Waals surface area contributed by atoms with Gasteiger partial charge in [0.2, 0.25) is 0 Å². The number of hydrogen-bond acceptors (Lipinski definition) is 9. The Morgan fingerprint density at radius 1 is 0.500 bits per heavy atom. The fraction of sp³-hybridized carbons (Fsp3) is 0. The summed E-state index contributed by atoms with van der Waals surface area (Å²) < 4.78 is 77.2. The SMILES string of the molecule is [Bi+3].[Bi+3].[O]=[Ti]([O-])[O-].[O]=[Ti]([O-])[O-].[O]=[Ti]([O-])[O-].[Ru].[Ru]. The Hall–Kier alpha value is 4.32. The van der Waals surface area contributed by atoms with Gasteiger partial charge in [-0.25, -0.2) is 0 Å². The van der Waals surface area contributed by atoms with E-state index < -0.39 is 55.8 Å². The van der Waals surface area contributed by atoms with Crippen LogP contribution in [-0.4, -0.2) is 52.4 Å². The molecule has 4 radical (unpaired) electrons. The van der Waals surface area contributed by atoms with E-state index in [1.165, 1.54) is 0 Å². The normalized spacial score (nSPS) is 4.88. The van der Waals surface area contributed by atoms with Crippen LogP contribution in [0.4, 0.5) is 0 Å². The molecule has 16 heteroatoms. The first kappa shape index (κ1) is 42.7. The molecule has 0 aliphatic rings. The summed E-state index contributed by atoms with van der Waals surface area (Å²) in [4.78, 5) is 0. The monoisotopic (exact) mass is 910 g/mol. The van der Waals surface area contributed by atoms with Crippen molar-refractivity contribution in [2.24, 2.45) is 0 Å². The van der Waals surface area contributed by atoms with Crippen molar-refractivity contribution in [3.63, 3.8) is 0 Å². The minimum atomic E-state index is -4.08. The molecule has 0 aliphatic carbocycles. The van der Waals surface area contributed by atoms with Gasteiger partial charge in [0.25, 0.3) is 0 Å². The molecule has 92 valence electrons. The fourth-order valence-corrected chi connectivity index (χ4v) is 0. The van der Waals surface area contributed by atoms with Crippen LogP contribution in [-0.2, 0) is 105 Å². The summed E-state index contributed by atoms with van der Waals surface area (Å²) in [5, 5.41) is 0. The Kier molecular flexibility index (Phi) is 97.6. The number of rotatable bonds is 0. The first-order valence-electron chi connectivity index (χ1n) is 1.84. The van der Waals surface area contributed by atoms with Gasteiger partial charge in [0.1, 0.15) is 0 Å². The molecule has 0 heterocycles. The van der Waals surface area contributed by atoms with Crippen LogP contribution in [0.25, 0.3) is 0 Å². The molecule has 0 bridgehead atoms. The van der Waals surface area contributed by atoms with Crippen molar-refractivity contribution in [3.05, 3.63) is 0 Å². The van der Waals surface area contributed by atoms with Gasteiger partial charge in [-0.2, -0.15) is 0 Å². The van der Waals surface area contributed by atoms with Gasteiger partial charge in [-0.1, -0.05) is 0 Å². The molecule has 0 amide bonds. The van der Waals surface area contributed by atoms with Crippen LogP contribution in [0.3, 0.4) is 0 Å². The van der Waals surface area contributed by atoms with Gasteiger partial charge in [0.15, 0.2) is 0 Å². The molecule has 0 aromatic carbocycles. The van der Waals surface area contributed by atoms with Gasteiger partial charge in [-0.05, 0) is 0 Å². The van der Waals surface area contributed by atoms with Crippen LogP contribution in [0.5, 0.6) is 0 Å². The standard InChI is InChI=1S/2Bi.9O.2Ru.3Ti/q2*+3;;;;6*-1;;;;;. The van der Waals surface area contributed by atoms with Crippen molar-refractivity contribution in [1.29, 1.82) is 0 Å². The van der Waals surface area contributed by atoms with Crippen LogP contribution in [0.15, 0.2) is 0 Å². The van der Waals surface area contributed by atoms with Crippen LogP contribution >= 0.6 is 0 Å². The molecule has 0 aliphatic heterocycles. The third kappa shape index (κ3) is 295. The third-order valence-corrected chi connectivity index (χ3v) is 0. The van der Waals surface area contributed by atoms with Crippen molar-refractivity contribution in [3.8, 4) is 0 Å². The minimum absolute atomic E-state index is 0. The maximum Gasteiger partial charge on any atom is 0 e. The van der Waals surface area contributed by atoms with Crippen LogP contribution in [0, 0.1) is 0 Å². The molecule has 0 aromatic heterocycles. The Morgan fingerprint density at radius 3 is 0.500 bits per heavy atom. The molecule has 0 fully saturated rings. The average Bonchev–Trinajstić information content (AvgIpc) is 1.54.